The van der Waals surface area contributed by atoms with Crippen LogP contribution in [-0.4, -0.2) is 23.5 Å². The van der Waals surface area contributed by atoms with Gasteiger partial charge < -0.3 is 14.8 Å². The summed E-state index contributed by atoms with van der Waals surface area (Å²) in [6, 6.07) is 1.57. The van der Waals surface area contributed by atoms with Crippen LogP contribution in [0.5, 0.6) is 0 Å². The molecule has 5 heteroatoms. The van der Waals surface area contributed by atoms with Crippen LogP contribution in [-0.2, 0) is 9.59 Å². The first-order chi connectivity index (χ1) is 6.61. The number of carbonyl (C=O) groups is 2. The molecule has 1 heterocycles. The monoisotopic (exact) mass is 195 g/mol. The van der Waals surface area contributed by atoms with Crippen LogP contribution in [0.4, 0.5) is 0 Å². The molecule has 1 aromatic rings. The Labute approximate surface area is 80.0 Å². The molecule has 14 heavy (non-hydrogen) atoms. The number of amides is 1. The number of carboxylic acids is 1. The van der Waals surface area contributed by atoms with Gasteiger partial charge in [0.05, 0.1) is 12.5 Å². The first-order valence-corrected chi connectivity index (χ1v) is 3.82. The largest absolute Gasteiger partial charge is 0.480 e. The van der Waals surface area contributed by atoms with E-state index < -0.39 is 18.4 Å². The van der Waals surface area contributed by atoms with Crippen molar-refractivity contribution in [2.45, 2.75) is 0 Å². The van der Waals surface area contributed by atoms with Gasteiger partial charge in [0.15, 0.2) is 0 Å². The molecule has 0 fully saturated rings. The van der Waals surface area contributed by atoms with Gasteiger partial charge >= 0.3 is 5.97 Å². The Morgan fingerprint density at radius 2 is 2.29 bits per heavy atom. The highest BCUT2D eigenvalue weighted by molar-refractivity contribution is 6.19. The summed E-state index contributed by atoms with van der Waals surface area (Å²) < 4.78 is 4.75. The summed E-state index contributed by atoms with van der Waals surface area (Å²) in [6.45, 7) is 3.09. The fraction of sp³-hybridized carbons (Fsp3) is 0.111. The molecule has 0 aliphatic heterocycles. The summed E-state index contributed by atoms with van der Waals surface area (Å²) in [5, 5.41) is 10.5. The van der Waals surface area contributed by atoms with Crippen molar-refractivity contribution in [1.29, 1.82) is 0 Å². The summed E-state index contributed by atoms with van der Waals surface area (Å²) in [6.07, 6.45) is 2.77. The van der Waals surface area contributed by atoms with Crippen LogP contribution >= 0.6 is 0 Å². The summed E-state index contributed by atoms with van der Waals surface area (Å²) in [5.74, 6) is -1.62. The molecule has 74 valence electrons. The normalized spacial score (nSPS) is 9.43. The molecule has 0 spiro atoms. The minimum absolute atomic E-state index is 0.181. The number of furan rings is 1. The average Bonchev–Trinajstić information content (AvgIpc) is 2.65. The van der Waals surface area contributed by atoms with Gasteiger partial charge in [-0.1, -0.05) is 6.58 Å². The lowest BCUT2D eigenvalue weighted by Crippen LogP contribution is -2.29. The van der Waals surface area contributed by atoms with Gasteiger partial charge in [-0.15, -0.1) is 0 Å². The highest BCUT2D eigenvalue weighted by atomic mass is 16.4. The summed E-state index contributed by atoms with van der Waals surface area (Å²) in [5.41, 5.74) is 0.716. The Morgan fingerprint density at radius 3 is 2.79 bits per heavy atom. The van der Waals surface area contributed by atoms with E-state index in [1.54, 1.807) is 6.07 Å². The number of hydrogen-bond acceptors (Lipinski definition) is 3. The summed E-state index contributed by atoms with van der Waals surface area (Å²) in [7, 11) is 0. The molecule has 0 aliphatic carbocycles. The Bertz CT molecular complexity index is 353. The van der Waals surface area contributed by atoms with Crippen LogP contribution in [0.15, 0.2) is 29.6 Å². The molecular formula is C9H9NO4. The maximum atomic E-state index is 11.2. The number of nitrogens with one attached hydrogen (secondary N) is 1. The van der Waals surface area contributed by atoms with E-state index in [4.69, 9.17) is 9.52 Å². The number of hydrogen-bond donors (Lipinski definition) is 2. The lowest BCUT2D eigenvalue weighted by molar-refractivity contribution is -0.137. The molecule has 1 amide bonds. The summed E-state index contributed by atoms with van der Waals surface area (Å²) in [4.78, 5) is 21.4. The second-order valence-electron chi connectivity index (χ2n) is 2.57. The van der Waals surface area contributed by atoms with E-state index in [0.29, 0.717) is 5.56 Å². The number of carboxylic acid groups (broad SMARTS) is 1. The zero-order valence-electron chi connectivity index (χ0n) is 7.32. The first kappa shape index (κ1) is 10.0. The standard InChI is InChI=1S/C9H9NO4/c1-6(7-2-3-14-5-7)9(13)10-4-8(11)12/h2-3,5H,1,4H2,(H,10,13)(H,11,12). The minimum Gasteiger partial charge on any atom is -0.480 e. The molecule has 1 aromatic heterocycles. The van der Waals surface area contributed by atoms with Gasteiger partial charge in [-0.25, -0.2) is 0 Å². The van der Waals surface area contributed by atoms with Crippen molar-refractivity contribution in [2.75, 3.05) is 6.54 Å². The number of rotatable bonds is 4. The van der Waals surface area contributed by atoms with Crippen molar-refractivity contribution in [1.82, 2.24) is 5.32 Å². The maximum Gasteiger partial charge on any atom is 0.322 e. The third-order valence-corrected chi connectivity index (χ3v) is 1.54. The van der Waals surface area contributed by atoms with Crippen LogP contribution in [0.1, 0.15) is 5.56 Å². The van der Waals surface area contributed by atoms with Crippen LogP contribution in [0.3, 0.4) is 0 Å². The van der Waals surface area contributed by atoms with Gasteiger partial charge in [0.25, 0.3) is 5.91 Å². The molecule has 0 bridgehead atoms. The number of carbonyl (C=O) groups excluding carboxylic acids is 1. The smallest absolute Gasteiger partial charge is 0.322 e. The van der Waals surface area contributed by atoms with Gasteiger partial charge in [0.2, 0.25) is 0 Å². The highest BCUT2D eigenvalue weighted by Gasteiger charge is 2.10. The van der Waals surface area contributed by atoms with Crippen molar-refractivity contribution in [3.8, 4) is 0 Å². The Kier molecular flexibility index (Phi) is 3.06. The van der Waals surface area contributed by atoms with Gasteiger partial charge in [-0.05, 0) is 6.07 Å². The van der Waals surface area contributed by atoms with Crippen molar-refractivity contribution < 1.29 is 19.1 Å². The summed E-state index contributed by atoms with van der Waals surface area (Å²) >= 11 is 0. The lowest BCUT2D eigenvalue weighted by atomic mass is 10.1. The fourth-order valence-corrected chi connectivity index (χ4v) is 0.830. The predicted octanol–water partition coefficient (Wildman–Crippen LogP) is 0.494. The third-order valence-electron chi connectivity index (χ3n) is 1.54. The Balaban J connectivity index is 2.54. The molecule has 5 nitrogen and oxygen atoms in total. The SMILES string of the molecule is C=C(C(=O)NCC(=O)O)c1ccoc1. The van der Waals surface area contributed by atoms with Gasteiger partial charge in [-0.2, -0.15) is 0 Å². The molecule has 2 N–H and O–H groups in total. The van der Waals surface area contributed by atoms with Crippen molar-refractivity contribution in [3.63, 3.8) is 0 Å². The molecule has 1 rings (SSSR count). The molecule has 0 aliphatic rings. The van der Waals surface area contributed by atoms with Crippen LogP contribution in [0, 0.1) is 0 Å². The zero-order valence-corrected chi connectivity index (χ0v) is 7.32. The predicted molar refractivity (Wildman–Crippen MR) is 48.4 cm³/mol. The zero-order chi connectivity index (χ0) is 10.6. The first-order valence-electron chi connectivity index (χ1n) is 3.82. The molecule has 0 saturated carbocycles. The number of aliphatic carboxylic acids is 1. The van der Waals surface area contributed by atoms with Gasteiger partial charge in [-0.3, -0.25) is 9.59 Å². The molecule has 0 atom stereocenters. The highest BCUT2D eigenvalue weighted by Crippen LogP contribution is 2.11. The molecule has 0 unspecified atom stereocenters. The lowest BCUT2D eigenvalue weighted by Gasteiger charge is -2.02. The fourth-order valence-electron chi connectivity index (χ4n) is 0.830. The quantitative estimate of drug-likeness (QED) is 0.685. The molecule has 0 aromatic carbocycles. The second-order valence-corrected chi connectivity index (χ2v) is 2.57. The van der Waals surface area contributed by atoms with Crippen molar-refractivity contribution in [2.24, 2.45) is 0 Å². The van der Waals surface area contributed by atoms with E-state index in [2.05, 4.69) is 11.9 Å². The maximum absolute atomic E-state index is 11.2. The van der Waals surface area contributed by atoms with Crippen molar-refractivity contribution in [3.05, 3.63) is 30.7 Å². The van der Waals surface area contributed by atoms with E-state index in [-0.39, 0.29) is 5.57 Å². The van der Waals surface area contributed by atoms with E-state index in [1.807, 2.05) is 0 Å². The average molecular weight is 195 g/mol. The Morgan fingerprint density at radius 1 is 1.57 bits per heavy atom. The molecule has 0 saturated heterocycles. The molecule has 0 radical (unpaired) electrons. The van der Waals surface area contributed by atoms with E-state index in [1.165, 1.54) is 12.5 Å². The minimum atomic E-state index is -1.10. The Hall–Kier alpha value is -2.04. The molecular weight excluding hydrogens is 186 g/mol. The van der Waals surface area contributed by atoms with E-state index >= 15 is 0 Å². The van der Waals surface area contributed by atoms with Gasteiger partial charge in [0, 0.05) is 11.1 Å². The van der Waals surface area contributed by atoms with Gasteiger partial charge in [0.1, 0.15) is 6.54 Å². The topological polar surface area (TPSA) is 79.5 Å². The van der Waals surface area contributed by atoms with E-state index in [0.717, 1.165) is 0 Å². The van der Waals surface area contributed by atoms with Crippen LogP contribution in [0.2, 0.25) is 0 Å². The second kappa shape index (κ2) is 4.27. The van der Waals surface area contributed by atoms with E-state index in [9.17, 15) is 9.59 Å². The van der Waals surface area contributed by atoms with Crippen molar-refractivity contribution >= 4 is 17.4 Å². The van der Waals surface area contributed by atoms with Crippen LogP contribution < -0.4 is 5.32 Å². The van der Waals surface area contributed by atoms with Crippen LogP contribution in [0.25, 0.3) is 5.57 Å². The third kappa shape index (κ3) is 2.48.